The first kappa shape index (κ1) is 15.4. The van der Waals surface area contributed by atoms with Crippen LogP contribution in [-0.2, 0) is 4.79 Å². The van der Waals surface area contributed by atoms with Gasteiger partial charge in [-0.2, -0.15) is 0 Å². The molecule has 1 saturated carbocycles. The van der Waals surface area contributed by atoms with Crippen LogP contribution in [0, 0.1) is 17.6 Å². The van der Waals surface area contributed by atoms with Crippen molar-refractivity contribution in [3.05, 3.63) is 35.4 Å². The van der Waals surface area contributed by atoms with E-state index in [1.807, 2.05) is 0 Å². The molecule has 1 aliphatic heterocycles. The lowest BCUT2D eigenvalue weighted by atomic mass is 10.1. The lowest BCUT2D eigenvalue weighted by Gasteiger charge is -2.20. The average molecular weight is 308 g/mol. The highest BCUT2D eigenvalue weighted by Crippen LogP contribution is 2.48. The molecule has 0 spiro atoms. The van der Waals surface area contributed by atoms with Gasteiger partial charge in [0.05, 0.1) is 0 Å². The highest BCUT2D eigenvalue weighted by atomic mass is 19.1. The number of nitrogens with one attached hydrogen (secondary N) is 1. The van der Waals surface area contributed by atoms with Crippen LogP contribution < -0.4 is 5.32 Å². The number of carbonyl (C=O) groups excluding carboxylic acids is 1. The molecular weight excluding hydrogens is 286 g/mol. The van der Waals surface area contributed by atoms with Crippen LogP contribution in [0.2, 0.25) is 0 Å². The second-order valence-electron chi connectivity index (χ2n) is 6.43. The van der Waals surface area contributed by atoms with Crippen molar-refractivity contribution in [2.75, 3.05) is 19.6 Å². The maximum absolute atomic E-state index is 13.7. The molecule has 120 valence electrons. The maximum Gasteiger partial charge on any atom is 0.223 e. The fraction of sp³-hybridized carbons (Fsp3) is 0.588. The normalized spacial score (nSPS) is 27.9. The Hall–Kier alpha value is -1.49. The minimum Gasteiger partial charge on any atom is -0.355 e. The van der Waals surface area contributed by atoms with Gasteiger partial charge in [-0.3, -0.25) is 9.69 Å². The van der Waals surface area contributed by atoms with Crippen LogP contribution in [0.3, 0.4) is 0 Å². The Morgan fingerprint density at radius 1 is 1.41 bits per heavy atom. The van der Waals surface area contributed by atoms with Gasteiger partial charge in [0.2, 0.25) is 5.91 Å². The second-order valence-corrected chi connectivity index (χ2v) is 6.43. The minimum absolute atomic E-state index is 0.0412. The average Bonchev–Trinajstić information content (AvgIpc) is 3.19. The molecule has 2 aliphatic rings. The zero-order valence-corrected chi connectivity index (χ0v) is 12.8. The van der Waals surface area contributed by atoms with E-state index >= 15 is 0 Å². The Morgan fingerprint density at radius 3 is 2.95 bits per heavy atom. The number of carbonyl (C=O) groups is 1. The Balaban J connectivity index is 1.47. The number of benzene rings is 1. The minimum atomic E-state index is -0.453. The van der Waals surface area contributed by atoms with E-state index in [9.17, 15) is 13.6 Å². The van der Waals surface area contributed by atoms with Gasteiger partial charge in [0, 0.05) is 25.0 Å². The van der Waals surface area contributed by atoms with Crippen molar-refractivity contribution < 1.29 is 13.6 Å². The van der Waals surface area contributed by atoms with E-state index in [4.69, 9.17) is 0 Å². The predicted molar refractivity (Wildman–Crippen MR) is 80.5 cm³/mol. The van der Waals surface area contributed by atoms with Crippen molar-refractivity contribution in [2.45, 2.75) is 38.1 Å². The van der Waals surface area contributed by atoms with Gasteiger partial charge in [0.1, 0.15) is 11.6 Å². The number of rotatable bonds is 5. The molecule has 22 heavy (non-hydrogen) atoms. The molecule has 1 N–H and O–H groups in total. The molecule has 1 amide bonds. The van der Waals surface area contributed by atoms with E-state index in [1.54, 1.807) is 0 Å². The molecule has 3 nitrogen and oxygen atoms in total. The monoisotopic (exact) mass is 308 g/mol. The molecule has 3 atom stereocenters. The molecule has 0 bridgehead atoms. The summed E-state index contributed by atoms with van der Waals surface area (Å²) < 4.78 is 26.9. The molecule has 0 aromatic heterocycles. The molecule has 3 rings (SSSR count). The molecule has 1 aromatic carbocycles. The van der Waals surface area contributed by atoms with Crippen molar-refractivity contribution in [1.82, 2.24) is 10.2 Å². The maximum atomic E-state index is 13.7. The first-order valence-electron chi connectivity index (χ1n) is 8.03. The molecule has 1 aromatic rings. The first-order valence-corrected chi connectivity index (χ1v) is 8.03. The fourth-order valence-corrected chi connectivity index (χ4v) is 3.41. The van der Waals surface area contributed by atoms with Crippen LogP contribution in [0.15, 0.2) is 18.2 Å². The summed E-state index contributed by atoms with van der Waals surface area (Å²) in [5, 5.41) is 2.93. The predicted octanol–water partition coefficient (Wildman–Crippen LogP) is 2.67. The quantitative estimate of drug-likeness (QED) is 0.907. The van der Waals surface area contributed by atoms with Crippen LogP contribution in [0.1, 0.15) is 37.7 Å². The topological polar surface area (TPSA) is 32.3 Å². The Morgan fingerprint density at radius 2 is 2.23 bits per heavy atom. The van der Waals surface area contributed by atoms with E-state index in [2.05, 4.69) is 17.1 Å². The molecule has 2 fully saturated rings. The number of likely N-dealkylation sites (tertiary alicyclic amines) is 1. The zero-order chi connectivity index (χ0) is 15.7. The number of nitrogens with zero attached hydrogens (tertiary/aromatic N) is 1. The summed E-state index contributed by atoms with van der Waals surface area (Å²) in [7, 11) is 0. The number of hydrogen-bond donors (Lipinski definition) is 1. The number of halogens is 2. The van der Waals surface area contributed by atoms with E-state index in [1.165, 1.54) is 18.9 Å². The third-order valence-corrected chi connectivity index (χ3v) is 4.87. The largest absolute Gasteiger partial charge is 0.355 e. The van der Waals surface area contributed by atoms with Crippen LogP contribution in [0.25, 0.3) is 0 Å². The van der Waals surface area contributed by atoms with Gasteiger partial charge < -0.3 is 5.32 Å². The summed E-state index contributed by atoms with van der Waals surface area (Å²) in [6.45, 7) is 4.78. The van der Waals surface area contributed by atoms with E-state index in [0.29, 0.717) is 24.6 Å². The van der Waals surface area contributed by atoms with Gasteiger partial charge in [0.15, 0.2) is 0 Å². The molecule has 1 heterocycles. The third kappa shape index (κ3) is 3.29. The van der Waals surface area contributed by atoms with Crippen LogP contribution in [-0.4, -0.2) is 36.5 Å². The lowest BCUT2D eigenvalue weighted by Crippen LogP contribution is -2.37. The van der Waals surface area contributed by atoms with Gasteiger partial charge >= 0.3 is 0 Å². The highest BCUT2D eigenvalue weighted by molar-refractivity contribution is 5.82. The van der Waals surface area contributed by atoms with Crippen LogP contribution in [0.4, 0.5) is 8.78 Å². The molecular formula is C17H22F2N2O. The molecule has 0 unspecified atom stereocenters. The molecule has 0 radical (unpaired) electrons. The summed E-state index contributed by atoms with van der Waals surface area (Å²) >= 11 is 0. The molecule has 5 heteroatoms. The van der Waals surface area contributed by atoms with E-state index < -0.39 is 11.6 Å². The van der Waals surface area contributed by atoms with Crippen LogP contribution in [0.5, 0.6) is 0 Å². The van der Waals surface area contributed by atoms with Crippen LogP contribution >= 0.6 is 0 Å². The Bertz CT molecular complexity index is 564. The van der Waals surface area contributed by atoms with Gasteiger partial charge in [-0.1, -0.05) is 0 Å². The van der Waals surface area contributed by atoms with Crippen molar-refractivity contribution in [3.8, 4) is 0 Å². The summed E-state index contributed by atoms with van der Waals surface area (Å²) in [5.74, 6) is -1.31. The van der Waals surface area contributed by atoms with Crippen molar-refractivity contribution in [2.24, 2.45) is 5.92 Å². The summed E-state index contributed by atoms with van der Waals surface area (Å²) in [5.41, 5.74) is 0.327. The summed E-state index contributed by atoms with van der Waals surface area (Å²) in [6, 6.07) is 4.03. The second kappa shape index (κ2) is 6.32. The molecule has 1 aliphatic carbocycles. The van der Waals surface area contributed by atoms with Gasteiger partial charge in [-0.05, 0) is 62.4 Å². The Labute approximate surface area is 129 Å². The highest BCUT2D eigenvalue weighted by Gasteiger charge is 2.45. The smallest absolute Gasteiger partial charge is 0.223 e. The zero-order valence-electron chi connectivity index (χ0n) is 12.8. The Kier molecular flexibility index (Phi) is 4.43. The van der Waals surface area contributed by atoms with Gasteiger partial charge in [-0.15, -0.1) is 0 Å². The van der Waals surface area contributed by atoms with Gasteiger partial charge in [0.25, 0.3) is 0 Å². The summed E-state index contributed by atoms with van der Waals surface area (Å²) in [6.07, 6.45) is 3.04. The van der Waals surface area contributed by atoms with Crippen molar-refractivity contribution in [3.63, 3.8) is 0 Å². The fourth-order valence-electron chi connectivity index (χ4n) is 3.41. The first-order chi connectivity index (χ1) is 10.6. The standard InChI is InChI=1S/C17H22F2N2O/c1-11-3-2-7-21(11)8-6-20-17(22)15-10-13(15)14-9-12(18)4-5-16(14)19/h4-5,9,11,13,15H,2-3,6-8,10H2,1H3,(H,20,22)/t11-,13+,15+/m1/s1. The van der Waals surface area contributed by atoms with Crippen molar-refractivity contribution >= 4 is 5.91 Å². The number of hydrogen-bond acceptors (Lipinski definition) is 2. The van der Waals surface area contributed by atoms with Crippen molar-refractivity contribution in [1.29, 1.82) is 0 Å². The number of amides is 1. The summed E-state index contributed by atoms with van der Waals surface area (Å²) in [4.78, 5) is 14.5. The third-order valence-electron chi connectivity index (χ3n) is 4.87. The SMILES string of the molecule is C[C@@H]1CCCN1CCNC(=O)[C@H]1C[C@H]1c1cc(F)ccc1F. The van der Waals surface area contributed by atoms with E-state index in [-0.39, 0.29) is 17.7 Å². The van der Waals surface area contributed by atoms with Gasteiger partial charge in [-0.25, -0.2) is 8.78 Å². The molecule has 1 saturated heterocycles. The lowest BCUT2D eigenvalue weighted by molar-refractivity contribution is -0.122. The van der Waals surface area contributed by atoms with E-state index in [0.717, 1.165) is 25.2 Å².